The van der Waals surface area contributed by atoms with Crippen LogP contribution in [0, 0.1) is 0 Å². The third-order valence-electron chi connectivity index (χ3n) is 10.0. The van der Waals surface area contributed by atoms with Crippen LogP contribution in [0.4, 0.5) is 0 Å². The first-order valence-corrected chi connectivity index (χ1v) is 20.9. The molecule has 2 saturated heterocycles. The zero-order chi connectivity index (χ0) is 48.0. The van der Waals surface area contributed by atoms with Crippen molar-refractivity contribution in [2.24, 2.45) is 0 Å². The molecule has 0 unspecified atom stereocenters. The van der Waals surface area contributed by atoms with Gasteiger partial charge in [0, 0.05) is 27.7 Å². The second kappa shape index (κ2) is 23.2. The van der Waals surface area contributed by atoms with Crippen molar-refractivity contribution in [1.29, 1.82) is 0 Å². The number of ether oxygens (including phenoxy) is 12. The molecule has 0 bridgehead atoms. The molecule has 2 heterocycles. The van der Waals surface area contributed by atoms with Gasteiger partial charge in [0.1, 0.15) is 43.0 Å². The molecule has 67 heavy (non-hydrogen) atoms. The molecular formula is C48H48O19. The van der Waals surface area contributed by atoms with E-state index >= 15 is 0 Å². The van der Waals surface area contributed by atoms with Crippen molar-refractivity contribution in [3.05, 3.63) is 132 Å². The molecule has 354 valence electrons. The Bertz CT molecular complexity index is 2320. The maximum atomic E-state index is 14.2. The predicted molar refractivity (Wildman–Crippen MR) is 227 cm³/mol. The fraction of sp³-hybridized carbons (Fsp3) is 0.354. The Kier molecular flexibility index (Phi) is 17.0. The summed E-state index contributed by atoms with van der Waals surface area (Å²) in [6.07, 6.45) is -16.9. The Morgan fingerprint density at radius 3 is 1.33 bits per heavy atom. The van der Waals surface area contributed by atoms with Crippen LogP contribution in [0.5, 0.6) is 11.5 Å². The first kappa shape index (κ1) is 49.1. The summed E-state index contributed by atoms with van der Waals surface area (Å²) in [5.74, 6) is -5.54. The molecule has 2 aliphatic rings. The van der Waals surface area contributed by atoms with Crippen LogP contribution in [0.3, 0.4) is 0 Å². The summed E-state index contributed by atoms with van der Waals surface area (Å²) < 4.78 is 71.4. The molecule has 0 spiro atoms. The summed E-state index contributed by atoms with van der Waals surface area (Å²) in [6.45, 7) is 2.97. The zero-order valence-corrected chi connectivity index (χ0v) is 36.9. The maximum absolute atomic E-state index is 14.2. The fourth-order valence-corrected chi connectivity index (χ4v) is 7.12. The molecule has 19 heteroatoms. The summed E-state index contributed by atoms with van der Waals surface area (Å²) in [4.78, 5) is 91.9. The van der Waals surface area contributed by atoms with Crippen LogP contribution in [-0.4, -0.2) is 124 Å². The van der Waals surface area contributed by atoms with Crippen molar-refractivity contribution in [3.63, 3.8) is 0 Å². The molecule has 19 nitrogen and oxygen atoms in total. The molecule has 0 aromatic heterocycles. The van der Waals surface area contributed by atoms with Crippen molar-refractivity contribution in [2.75, 3.05) is 20.3 Å². The van der Waals surface area contributed by atoms with Gasteiger partial charge in [0.05, 0.1) is 23.8 Å². The van der Waals surface area contributed by atoms with E-state index in [0.29, 0.717) is 5.75 Å². The number of hydrogen-bond acceptors (Lipinski definition) is 19. The zero-order valence-electron chi connectivity index (χ0n) is 36.9. The van der Waals surface area contributed by atoms with Gasteiger partial charge in [-0.05, 0) is 60.7 Å². The van der Waals surface area contributed by atoms with Gasteiger partial charge in [-0.1, -0.05) is 54.6 Å². The van der Waals surface area contributed by atoms with E-state index in [9.17, 15) is 33.6 Å². The minimum absolute atomic E-state index is 0.0489. The Labute approximate surface area is 384 Å². The number of carbonyl (C=O) groups is 7. The van der Waals surface area contributed by atoms with Gasteiger partial charge in [-0.25, -0.2) is 14.4 Å². The van der Waals surface area contributed by atoms with Gasteiger partial charge in [-0.2, -0.15) is 0 Å². The van der Waals surface area contributed by atoms with Crippen LogP contribution in [0.25, 0.3) is 0 Å². The molecule has 0 radical (unpaired) electrons. The number of esters is 7. The standard InChI is InChI=1S/C48H48O19/c1-27(49)57-25-36-38(59-28(2)50)40(60-29(3)51)42(61-30(4)52)48(64-36)67-39-37(26-58-44(53)31-15-9-6-10-16-31)63-47(62-35-23-21-34(56-5)22-24-35)43(66-46(55)33-19-13-8-14-20-33)41(39)65-45(54)32-17-11-7-12-18-32/h6-24,36-43,47-48H,25-26H2,1-5H3/t36-,37-,38+,39-,40+,41+,42-,43-,47-,48+/m1/s1. The van der Waals surface area contributed by atoms with Gasteiger partial charge in [0.15, 0.2) is 30.7 Å². The van der Waals surface area contributed by atoms with Crippen molar-refractivity contribution in [2.45, 2.75) is 89.1 Å². The molecule has 0 amide bonds. The quantitative estimate of drug-likeness (QED) is 0.104. The van der Waals surface area contributed by atoms with Crippen molar-refractivity contribution in [3.8, 4) is 11.5 Å². The van der Waals surface area contributed by atoms with E-state index in [0.717, 1.165) is 27.7 Å². The largest absolute Gasteiger partial charge is 0.497 e. The van der Waals surface area contributed by atoms with E-state index in [2.05, 4.69) is 0 Å². The number of rotatable bonds is 17. The molecule has 0 N–H and O–H groups in total. The normalized spacial score (nSPS) is 24.4. The molecule has 6 rings (SSSR count). The molecule has 4 aromatic rings. The fourth-order valence-electron chi connectivity index (χ4n) is 7.12. The van der Waals surface area contributed by atoms with Gasteiger partial charge in [-0.15, -0.1) is 0 Å². The summed E-state index contributed by atoms with van der Waals surface area (Å²) in [6, 6.07) is 29.8. The lowest BCUT2D eigenvalue weighted by molar-refractivity contribution is -0.352. The first-order valence-electron chi connectivity index (χ1n) is 20.9. The number of hydrogen-bond donors (Lipinski definition) is 0. The molecule has 4 aromatic carbocycles. The summed E-state index contributed by atoms with van der Waals surface area (Å²) in [5, 5.41) is 0. The minimum atomic E-state index is -1.90. The monoisotopic (exact) mass is 928 g/mol. The molecule has 2 aliphatic heterocycles. The minimum Gasteiger partial charge on any atom is -0.497 e. The number of benzene rings is 4. The Morgan fingerprint density at radius 2 is 0.821 bits per heavy atom. The highest BCUT2D eigenvalue weighted by Crippen LogP contribution is 2.37. The number of methoxy groups -OCH3 is 1. The molecule has 2 fully saturated rings. The van der Waals surface area contributed by atoms with Gasteiger partial charge < -0.3 is 56.8 Å². The van der Waals surface area contributed by atoms with Crippen LogP contribution in [-0.2, 0) is 66.5 Å². The lowest BCUT2D eigenvalue weighted by Crippen LogP contribution is -2.67. The third kappa shape index (κ3) is 13.4. The van der Waals surface area contributed by atoms with E-state index in [-0.39, 0.29) is 22.4 Å². The first-order chi connectivity index (χ1) is 32.2. The Morgan fingerprint density at radius 1 is 0.418 bits per heavy atom. The van der Waals surface area contributed by atoms with Crippen molar-refractivity contribution < 1.29 is 90.4 Å². The molecular weight excluding hydrogens is 881 g/mol. The topological polar surface area (TPSA) is 230 Å². The Hall–Kier alpha value is -7.35. The molecule has 0 saturated carbocycles. The van der Waals surface area contributed by atoms with Gasteiger partial charge in [-0.3, -0.25) is 19.2 Å². The maximum Gasteiger partial charge on any atom is 0.338 e. The van der Waals surface area contributed by atoms with E-state index < -0.39 is 116 Å². The highest BCUT2D eigenvalue weighted by molar-refractivity contribution is 5.91. The van der Waals surface area contributed by atoms with E-state index in [4.69, 9.17) is 56.8 Å². The smallest absolute Gasteiger partial charge is 0.338 e. The average molecular weight is 929 g/mol. The second-order valence-electron chi connectivity index (χ2n) is 14.9. The summed E-state index contributed by atoms with van der Waals surface area (Å²) in [7, 11) is 1.47. The average Bonchev–Trinajstić information content (AvgIpc) is 3.31. The highest BCUT2D eigenvalue weighted by Gasteiger charge is 2.58. The van der Waals surface area contributed by atoms with Crippen LogP contribution in [0.15, 0.2) is 115 Å². The lowest BCUT2D eigenvalue weighted by Gasteiger charge is -2.48. The Balaban J connectivity index is 1.51. The summed E-state index contributed by atoms with van der Waals surface area (Å²) >= 11 is 0. The van der Waals surface area contributed by atoms with Crippen molar-refractivity contribution in [1.82, 2.24) is 0 Å². The van der Waals surface area contributed by atoms with Gasteiger partial charge >= 0.3 is 41.8 Å². The SMILES string of the molecule is COc1ccc(O[C@@H]2O[C@H](COC(=O)c3ccccc3)[C@@H](O[C@@H]3O[C@H](COC(C)=O)[C@H](OC(C)=O)[C@H](OC(C)=O)[C@H]3OC(C)=O)[C@H](OC(=O)c3ccccc3)[C@H]2OC(=O)c2ccccc2)cc1. The molecule has 10 atom stereocenters. The molecule has 0 aliphatic carbocycles. The van der Waals surface area contributed by atoms with E-state index in [1.807, 2.05) is 0 Å². The summed E-state index contributed by atoms with van der Waals surface area (Å²) in [5.41, 5.74) is 0.283. The van der Waals surface area contributed by atoms with Gasteiger partial charge in [0.25, 0.3) is 0 Å². The van der Waals surface area contributed by atoms with E-state index in [1.54, 1.807) is 66.7 Å². The van der Waals surface area contributed by atoms with Crippen molar-refractivity contribution >= 4 is 41.8 Å². The highest BCUT2D eigenvalue weighted by atomic mass is 16.8. The van der Waals surface area contributed by atoms with E-state index in [1.165, 1.54) is 55.6 Å². The van der Waals surface area contributed by atoms with Crippen LogP contribution in [0.2, 0.25) is 0 Å². The second-order valence-corrected chi connectivity index (χ2v) is 14.9. The predicted octanol–water partition coefficient (Wildman–Crippen LogP) is 4.58. The van der Waals surface area contributed by atoms with Gasteiger partial charge in [0.2, 0.25) is 12.4 Å². The van der Waals surface area contributed by atoms with Crippen LogP contribution in [0.1, 0.15) is 58.8 Å². The lowest BCUT2D eigenvalue weighted by atomic mass is 9.95. The number of carbonyl (C=O) groups excluding carboxylic acids is 7. The van der Waals surface area contributed by atoms with Crippen LogP contribution >= 0.6 is 0 Å². The van der Waals surface area contributed by atoms with Crippen LogP contribution < -0.4 is 9.47 Å². The third-order valence-corrected chi connectivity index (χ3v) is 10.0.